The Balaban J connectivity index is 2.32. The van der Waals surface area contributed by atoms with Crippen LogP contribution in [0.1, 0.15) is 18.0 Å². The predicted molar refractivity (Wildman–Crippen MR) is 59.1 cm³/mol. The summed E-state index contributed by atoms with van der Waals surface area (Å²) >= 11 is 0. The Labute approximate surface area is 93.2 Å². The number of imidazole rings is 1. The molecule has 1 heterocycles. The van der Waals surface area contributed by atoms with Crippen LogP contribution >= 0.6 is 0 Å². The van der Waals surface area contributed by atoms with Gasteiger partial charge >= 0.3 is 5.97 Å². The standard InChI is InChI=1S/C12H12N2O2/c15-12(16)8-11(14-7-6-13-9-14)10-4-2-1-3-5-10/h1-7,9,11H,8H2,(H,15,16)/t11-/m0/s1. The lowest BCUT2D eigenvalue weighted by Crippen LogP contribution is -2.13. The zero-order valence-electron chi connectivity index (χ0n) is 8.65. The molecule has 0 bridgehead atoms. The fourth-order valence-corrected chi connectivity index (χ4v) is 1.69. The first-order valence-electron chi connectivity index (χ1n) is 5.01. The van der Waals surface area contributed by atoms with Crippen molar-refractivity contribution in [2.24, 2.45) is 0 Å². The van der Waals surface area contributed by atoms with Gasteiger partial charge in [0.1, 0.15) is 0 Å². The van der Waals surface area contributed by atoms with Crippen molar-refractivity contribution in [3.8, 4) is 0 Å². The summed E-state index contributed by atoms with van der Waals surface area (Å²) in [6.07, 6.45) is 5.12. The van der Waals surface area contributed by atoms with E-state index in [0.717, 1.165) is 5.56 Å². The topological polar surface area (TPSA) is 55.1 Å². The van der Waals surface area contributed by atoms with Crippen LogP contribution in [0.2, 0.25) is 0 Å². The smallest absolute Gasteiger partial charge is 0.305 e. The number of nitrogens with zero attached hydrogens (tertiary/aromatic N) is 2. The maximum absolute atomic E-state index is 10.8. The van der Waals surface area contributed by atoms with Crippen LogP contribution in [0.3, 0.4) is 0 Å². The van der Waals surface area contributed by atoms with E-state index in [2.05, 4.69) is 4.98 Å². The highest BCUT2D eigenvalue weighted by Crippen LogP contribution is 2.21. The molecule has 0 spiro atoms. The lowest BCUT2D eigenvalue weighted by molar-refractivity contribution is -0.137. The van der Waals surface area contributed by atoms with Gasteiger partial charge in [-0.1, -0.05) is 30.3 Å². The lowest BCUT2D eigenvalue weighted by Gasteiger charge is -2.16. The second-order valence-electron chi connectivity index (χ2n) is 3.53. The van der Waals surface area contributed by atoms with E-state index in [0.29, 0.717) is 0 Å². The Morgan fingerprint density at radius 3 is 2.69 bits per heavy atom. The third-order valence-electron chi connectivity index (χ3n) is 2.44. The number of aromatic nitrogens is 2. The molecule has 2 aromatic rings. The molecular weight excluding hydrogens is 204 g/mol. The van der Waals surface area contributed by atoms with Crippen LogP contribution in [-0.2, 0) is 4.79 Å². The van der Waals surface area contributed by atoms with Crippen LogP contribution in [0.4, 0.5) is 0 Å². The van der Waals surface area contributed by atoms with Gasteiger partial charge in [0.2, 0.25) is 0 Å². The van der Waals surface area contributed by atoms with Crippen LogP contribution in [0.25, 0.3) is 0 Å². The van der Waals surface area contributed by atoms with Crippen molar-refractivity contribution in [2.75, 3.05) is 0 Å². The third-order valence-corrected chi connectivity index (χ3v) is 2.44. The zero-order valence-corrected chi connectivity index (χ0v) is 8.65. The highest BCUT2D eigenvalue weighted by atomic mass is 16.4. The summed E-state index contributed by atoms with van der Waals surface area (Å²) in [6, 6.07) is 9.37. The van der Waals surface area contributed by atoms with Gasteiger partial charge in [-0.05, 0) is 5.56 Å². The number of benzene rings is 1. The molecule has 0 saturated heterocycles. The number of aliphatic carboxylic acids is 1. The second kappa shape index (κ2) is 4.61. The van der Waals surface area contributed by atoms with Gasteiger partial charge in [0.05, 0.1) is 18.8 Å². The second-order valence-corrected chi connectivity index (χ2v) is 3.53. The molecule has 0 amide bonds. The minimum atomic E-state index is -0.817. The maximum Gasteiger partial charge on any atom is 0.305 e. The number of carboxylic acid groups (broad SMARTS) is 1. The monoisotopic (exact) mass is 216 g/mol. The molecule has 2 rings (SSSR count). The summed E-state index contributed by atoms with van der Waals surface area (Å²) in [7, 11) is 0. The molecule has 0 fully saturated rings. The van der Waals surface area contributed by atoms with Crippen molar-refractivity contribution in [3.05, 3.63) is 54.6 Å². The minimum Gasteiger partial charge on any atom is -0.481 e. The molecule has 1 atom stereocenters. The van der Waals surface area contributed by atoms with Gasteiger partial charge in [-0.2, -0.15) is 0 Å². The quantitative estimate of drug-likeness (QED) is 0.849. The molecule has 0 saturated carbocycles. The lowest BCUT2D eigenvalue weighted by atomic mass is 10.0. The third kappa shape index (κ3) is 2.28. The SMILES string of the molecule is O=C(O)C[C@@H](c1ccccc1)n1ccnc1. The van der Waals surface area contributed by atoms with E-state index in [9.17, 15) is 4.79 Å². The van der Waals surface area contributed by atoms with E-state index in [1.807, 2.05) is 34.9 Å². The number of hydrogen-bond acceptors (Lipinski definition) is 2. The summed E-state index contributed by atoms with van der Waals surface area (Å²) < 4.78 is 1.81. The molecular formula is C12H12N2O2. The molecule has 4 nitrogen and oxygen atoms in total. The van der Waals surface area contributed by atoms with Gasteiger partial charge in [-0.3, -0.25) is 4.79 Å². The average molecular weight is 216 g/mol. The molecule has 0 aliphatic rings. The Hall–Kier alpha value is -2.10. The Kier molecular flexibility index (Phi) is 3.00. The molecule has 4 heteroatoms. The van der Waals surface area contributed by atoms with E-state index in [4.69, 9.17) is 5.11 Å². The zero-order chi connectivity index (χ0) is 11.4. The number of hydrogen-bond donors (Lipinski definition) is 1. The largest absolute Gasteiger partial charge is 0.481 e. The van der Waals surface area contributed by atoms with Crippen molar-refractivity contribution in [3.63, 3.8) is 0 Å². The van der Waals surface area contributed by atoms with Gasteiger partial charge in [-0.15, -0.1) is 0 Å². The van der Waals surface area contributed by atoms with Gasteiger partial charge in [0, 0.05) is 12.4 Å². The maximum atomic E-state index is 10.8. The summed E-state index contributed by atoms with van der Waals surface area (Å²) in [5, 5.41) is 8.91. The number of rotatable bonds is 4. The molecule has 1 N–H and O–H groups in total. The van der Waals surface area contributed by atoms with Crippen LogP contribution < -0.4 is 0 Å². The summed E-state index contributed by atoms with van der Waals surface area (Å²) in [6.45, 7) is 0. The molecule has 0 unspecified atom stereocenters. The normalized spacial score (nSPS) is 12.2. The van der Waals surface area contributed by atoms with Crippen molar-refractivity contribution in [1.29, 1.82) is 0 Å². The molecule has 0 radical (unpaired) electrons. The molecule has 0 aliphatic carbocycles. The summed E-state index contributed by atoms with van der Waals surface area (Å²) in [5.41, 5.74) is 0.975. The highest BCUT2D eigenvalue weighted by molar-refractivity contribution is 5.68. The van der Waals surface area contributed by atoms with Crippen LogP contribution in [0.15, 0.2) is 49.1 Å². The van der Waals surface area contributed by atoms with Gasteiger partial charge in [-0.25, -0.2) is 4.98 Å². The number of carbonyl (C=O) groups is 1. The van der Waals surface area contributed by atoms with Crippen LogP contribution in [0.5, 0.6) is 0 Å². The van der Waals surface area contributed by atoms with Crippen molar-refractivity contribution < 1.29 is 9.90 Å². The van der Waals surface area contributed by atoms with Gasteiger partial charge < -0.3 is 9.67 Å². The van der Waals surface area contributed by atoms with E-state index in [1.165, 1.54) is 0 Å². The van der Waals surface area contributed by atoms with Crippen molar-refractivity contribution in [1.82, 2.24) is 9.55 Å². The first-order chi connectivity index (χ1) is 7.77. The molecule has 0 aliphatic heterocycles. The summed E-state index contributed by atoms with van der Waals surface area (Å²) in [4.78, 5) is 14.8. The Morgan fingerprint density at radius 2 is 2.12 bits per heavy atom. The van der Waals surface area contributed by atoms with E-state index >= 15 is 0 Å². The van der Waals surface area contributed by atoms with Crippen molar-refractivity contribution in [2.45, 2.75) is 12.5 Å². The van der Waals surface area contributed by atoms with Crippen LogP contribution in [-0.4, -0.2) is 20.6 Å². The molecule has 1 aromatic carbocycles. The highest BCUT2D eigenvalue weighted by Gasteiger charge is 2.16. The predicted octanol–water partition coefficient (Wildman–Crippen LogP) is 1.95. The minimum absolute atomic E-state index is 0.0559. The van der Waals surface area contributed by atoms with Gasteiger partial charge in [0.15, 0.2) is 0 Å². The first kappa shape index (κ1) is 10.4. The van der Waals surface area contributed by atoms with Crippen LogP contribution in [0, 0.1) is 0 Å². The van der Waals surface area contributed by atoms with Crippen molar-refractivity contribution >= 4 is 5.97 Å². The molecule has 16 heavy (non-hydrogen) atoms. The van der Waals surface area contributed by atoms with E-state index < -0.39 is 5.97 Å². The first-order valence-corrected chi connectivity index (χ1v) is 5.01. The summed E-state index contributed by atoms with van der Waals surface area (Å²) in [5.74, 6) is -0.817. The fraction of sp³-hybridized carbons (Fsp3) is 0.167. The Morgan fingerprint density at radius 1 is 1.38 bits per heavy atom. The average Bonchev–Trinajstić information content (AvgIpc) is 2.80. The number of carboxylic acids is 1. The van der Waals surface area contributed by atoms with E-state index in [-0.39, 0.29) is 12.5 Å². The van der Waals surface area contributed by atoms with Gasteiger partial charge in [0.25, 0.3) is 0 Å². The fourth-order valence-electron chi connectivity index (χ4n) is 1.69. The molecule has 1 aromatic heterocycles. The van der Waals surface area contributed by atoms with E-state index in [1.54, 1.807) is 18.7 Å². The molecule has 82 valence electrons. The Bertz CT molecular complexity index is 451.